The van der Waals surface area contributed by atoms with Gasteiger partial charge in [0.2, 0.25) is 0 Å². The van der Waals surface area contributed by atoms with Gasteiger partial charge in [0.1, 0.15) is 0 Å². The Bertz CT molecular complexity index is 272. The van der Waals surface area contributed by atoms with E-state index in [0.717, 1.165) is 25.7 Å². The number of fused-ring (bicyclic) bond motifs is 1. The van der Waals surface area contributed by atoms with E-state index in [4.69, 9.17) is 4.74 Å². The van der Waals surface area contributed by atoms with Crippen LogP contribution in [0.1, 0.15) is 58.3 Å². The van der Waals surface area contributed by atoms with E-state index in [-0.39, 0.29) is 16.5 Å². The van der Waals surface area contributed by atoms with Gasteiger partial charge in [-0.2, -0.15) is 0 Å². The highest BCUT2D eigenvalue weighted by molar-refractivity contribution is 8.14. The SMILES string of the molecule is C1CCC2OC2C1.CC(=O)SC1CCCCC1O. The van der Waals surface area contributed by atoms with Crippen molar-refractivity contribution in [2.75, 3.05) is 0 Å². The normalized spacial score (nSPS) is 38.1. The van der Waals surface area contributed by atoms with Gasteiger partial charge < -0.3 is 9.84 Å². The smallest absolute Gasteiger partial charge is 0.186 e. The number of ether oxygens (including phenoxy) is 1. The van der Waals surface area contributed by atoms with Crippen LogP contribution < -0.4 is 0 Å². The lowest BCUT2D eigenvalue weighted by atomic mass is 9.97. The lowest BCUT2D eigenvalue weighted by molar-refractivity contribution is -0.109. The second-order valence-corrected chi connectivity index (χ2v) is 6.91. The molecular formula is C14H24O3S. The van der Waals surface area contributed by atoms with Crippen LogP contribution in [0.15, 0.2) is 0 Å². The summed E-state index contributed by atoms with van der Waals surface area (Å²) in [6, 6.07) is 0. The Labute approximate surface area is 114 Å². The quantitative estimate of drug-likeness (QED) is 0.746. The Kier molecular flexibility index (Phi) is 5.52. The number of hydrogen-bond donors (Lipinski definition) is 1. The van der Waals surface area contributed by atoms with Crippen LogP contribution in [-0.2, 0) is 9.53 Å². The monoisotopic (exact) mass is 272 g/mol. The van der Waals surface area contributed by atoms with Gasteiger partial charge in [-0.25, -0.2) is 0 Å². The Morgan fingerprint density at radius 1 is 1.06 bits per heavy atom. The summed E-state index contributed by atoms with van der Waals surface area (Å²) in [6.07, 6.45) is 10.8. The van der Waals surface area contributed by atoms with Crippen molar-refractivity contribution in [2.24, 2.45) is 0 Å². The van der Waals surface area contributed by atoms with Crippen molar-refractivity contribution in [3.63, 3.8) is 0 Å². The summed E-state index contributed by atoms with van der Waals surface area (Å²) in [5.41, 5.74) is 0. The van der Waals surface area contributed by atoms with E-state index in [1.54, 1.807) is 6.92 Å². The van der Waals surface area contributed by atoms with Crippen LogP contribution in [0.2, 0.25) is 0 Å². The molecule has 0 radical (unpaired) electrons. The summed E-state index contributed by atoms with van der Waals surface area (Å²) >= 11 is 1.29. The minimum atomic E-state index is -0.252. The number of epoxide rings is 1. The topological polar surface area (TPSA) is 49.8 Å². The van der Waals surface area contributed by atoms with Crippen molar-refractivity contribution in [3.05, 3.63) is 0 Å². The van der Waals surface area contributed by atoms with Gasteiger partial charge in [0.05, 0.1) is 18.3 Å². The average Bonchev–Trinajstić information content (AvgIpc) is 3.11. The zero-order valence-electron chi connectivity index (χ0n) is 11.1. The van der Waals surface area contributed by atoms with E-state index >= 15 is 0 Å². The van der Waals surface area contributed by atoms with Gasteiger partial charge in [-0.05, 0) is 25.7 Å². The number of aliphatic hydroxyl groups excluding tert-OH is 1. The van der Waals surface area contributed by atoms with Crippen LogP contribution in [0.5, 0.6) is 0 Å². The lowest BCUT2D eigenvalue weighted by Crippen LogP contribution is -2.27. The molecule has 2 aliphatic carbocycles. The predicted molar refractivity (Wildman–Crippen MR) is 73.7 cm³/mol. The first kappa shape index (κ1) is 14.4. The minimum Gasteiger partial charge on any atom is -0.392 e. The van der Waals surface area contributed by atoms with Gasteiger partial charge in [0.15, 0.2) is 5.12 Å². The molecule has 4 atom stereocenters. The lowest BCUT2D eigenvalue weighted by Gasteiger charge is -2.25. The minimum absolute atomic E-state index is 0.121. The van der Waals surface area contributed by atoms with Gasteiger partial charge >= 0.3 is 0 Å². The highest BCUT2D eigenvalue weighted by Gasteiger charge is 2.39. The predicted octanol–water partition coefficient (Wildman–Crippen LogP) is 2.90. The van der Waals surface area contributed by atoms with Crippen LogP contribution in [0.4, 0.5) is 0 Å². The van der Waals surface area contributed by atoms with E-state index in [1.807, 2.05) is 0 Å². The first-order chi connectivity index (χ1) is 8.66. The number of carbonyl (C=O) groups is 1. The fourth-order valence-corrected chi connectivity index (χ4v) is 3.81. The molecule has 1 heterocycles. The summed E-state index contributed by atoms with van der Waals surface area (Å²) in [6.45, 7) is 1.56. The third-order valence-electron chi connectivity index (χ3n) is 3.90. The second-order valence-electron chi connectivity index (χ2n) is 5.50. The molecule has 3 fully saturated rings. The van der Waals surface area contributed by atoms with Crippen molar-refractivity contribution in [2.45, 2.75) is 81.9 Å². The molecule has 3 rings (SSSR count). The third kappa shape index (κ3) is 4.56. The van der Waals surface area contributed by atoms with Crippen LogP contribution in [0.3, 0.4) is 0 Å². The van der Waals surface area contributed by atoms with Crippen LogP contribution in [0, 0.1) is 0 Å². The summed E-state index contributed by atoms with van der Waals surface area (Å²) in [4.78, 5) is 10.7. The molecule has 4 heteroatoms. The van der Waals surface area contributed by atoms with Gasteiger partial charge in [0, 0.05) is 12.2 Å². The van der Waals surface area contributed by atoms with Gasteiger partial charge in [-0.1, -0.05) is 37.4 Å². The van der Waals surface area contributed by atoms with Crippen molar-refractivity contribution >= 4 is 16.9 Å². The zero-order valence-corrected chi connectivity index (χ0v) is 12.0. The fourth-order valence-electron chi connectivity index (χ4n) is 2.81. The molecule has 1 aliphatic heterocycles. The zero-order chi connectivity index (χ0) is 13.0. The molecule has 104 valence electrons. The highest BCUT2D eigenvalue weighted by Crippen LogP contribution is 2.35. The molecule has 0 aromatic heterocycles. The molecule has 4 unspecified atom stereocenters. The maximum atomic E-state index is 10.7. The van der Waals surface area contributed by atoms with Crippen LogP contribution >= 0.6 is 11.8 Å². The fraction of sp³-hybridized carbons (Fsp3) is 0.929. The molecule has 3 nitrogen and oxygen atoms in total. The standard InChI is InChI=1S/C8H14O2S.C6H10O/c1-6(9)11-8-5-3-2-4-7(8)10;1-2-4-6-5(3-1)7-6/h7-8,10H,2-5H2,1H3;5-6H,1-4H2. The maximum absolute atomic E-state index is 10.7. The van der Waals surface area contributed by atoms with Crippen LogP contribution in [0.25, 0.3) is 0 Å². The highest BCUT2D eigenvalue weighted by atomic mass is 32.2. The van der Waals surface area contributed by atoms with Crippen molar-refractivity contribution in [1.29, 1.82) is 0 Å². The van der Waals surface area contributed by atoms with Crippen LogP contribution in [-0.4, -0.2) is 33.8 Å². The van der Waals surface area contributed by atoms with E-state index in [0.29, 0.717) is 12.2 Å². The summed E-state index contributed by atoms with van der Waals surface area (Å²) in [5.74, 6) is 0. The molecule has 0 aromatic carbocycles. The molecule has 0 aromatic rings. The van der Waals surface area contributed by atoms with E-state index in [1.165, 1.54) is 37.4 Å². The van der Waals surface area contributed by atoms with E-state index < -0.39 is 0 Å². The largest absolute Gasteiger partial charge is 0.392 e. The van der Waals surface area contributed by atoms with Crippen molar-refractivity contribution < 1.29 is 14.6 Å². The number of aliphatic hydroxyl groups is 1. The summed E-state index contributed by atoms with van der Waals surface area (Å²) in [5, 5.41) is 9.73. The summed E-state index contributed by atoms with van der Waals surface area (Å²) < 4.78 is 5.28. The first-order valence-electron chi connectivity index (χ1n) is 7.17. The molecule has 1 N–H and O–H groups in total. The molecular weight excluding hydrogens is 248 g/mol. The van der Waals surface area contributed by atoms with Gasteiger partial charge in [-0.15, -0.1) is 0 Å². The molecule has 1 saturated heterocycles. The molecule has 0 spiro atoms. The maximum Gasteiger partial charge on any atom is 0.186 e. The molecule has 2 saturated carbocycles. The van der Waals surface area contributed by atoms with E-state index in [9.17, 15) is 9.90 Å². The van der Waals surface area contributed by atoms with E-state index in [2.05, 4.69) is 0 Å². The van der Waals surface area contributed by atoms with Crippen molar-refractivity contribution in [3.8, 4) is 0 Å². The molecule has 0 amide bonds. The summed E-state index contributed by atoms with van der Waals surface area (Å²) in [7, 11) is 0. The Morgan fingerprint density at radius 3 is 2.11 bits per heavy atom. The Balaban J connectivity index is 0.000000146. The molecule has 18 heavy (non-hydrogen) atoms. The first-order valence-corrected chi connectivity index (χ1v) is 8.05. The Morgan fingerprint density at radius 2 is 1.61 bits per heavy atom. The Hall–Kier alpha value is -0.0600. The number of carbonyl (C=O) groups excluding carboxylic acids is 1. The number of rotatable bonds is 1. The third-order valence-corrected chi connectivity index (χ3v) is 5.08. The average molecular weight is 272 g/mol. The molecule has 0 bridgehead atoms. The molecule has 3 aliphatic rings. The second kappa shape index (κ2) is 6.92. The van der Waals surface area contributed by atoms with Gasteiger partial charge in [-0.3, -0.25) is 4.79 Å². The van der Waals surface area contributed by atoms with Crippen molar-refractivity contribution in [1.82, 2.24) is 0 Å². The van der Waals surface area contributed by atoms with Gasteiger partial charge in [0.25, 0.3) is 0 Å². The number of hydrogen-bond acceptors (Lipinski definition) is 4. The number of thioether (sulfide) groups is 1.